The van der Waals surface area contributed by atoms with Crippen molar-refractivity contribution in [3.8, 4) is 11.5 Å². The second-order valence-corrected chi connectivity index (χ2v) is 7.39. The van der Waals surface area contributed by atoms with Crippen LogP contribution in [-0.4, -0.2) is 17.6 Å². The van der Waals surface area contributed by atoms with Crippen molar-refractivity contribution in [2.75, 3.05) is 0 Å². The first kappa shape index (κ1) is 18.3. The number of rotatable bonds is 5. The highest BCUT2D eigenvalue weighted by atomic mass is 16.5. The molecule has 0 unspecified atom stereocenters. The first-order valence-corrected chi connectivity index (χ1v) is 9.22. The number of ether oxygens (including phenoxy) is 2. The fraction of sp³-hybridized carbons (Fsp3) is 0.409. The smallest absolute Gasteiger partial charge is 0.261 e. The molecule has 1 aliphatic rings. The van der Waals surface area contributed by atoms with Gasteiger partial charge >= 0.3 is 0 Å². The molecule has 0 saturated carbocycles. The van der Waals surface area contributed by atoms with Gasteiger partial charge in [-0.25, -0.2) is 0 Å². The zero-order chi connectivity index (χ0) is 18.7. The molecule has 0 fully saturated rings. The highest BCUT2D eigenvalue weighted by molar-refractivity contribution is 5.81. The number of aryl methyl sites for hydroxylation is 1. The van der Waals surface area contributed by atoms with Gasteiger partial charge in [-0.3, -0.25) is 4.79 Å². The monoisotopic (exact) mass is 353 g/mol. The summed E-state index contributed by atoms with van der Waals surface area (Å²) in [7, 11) is 0. The SMILES string of the molecule is CCc1ccccc1O[C@@H](C)C(=O)N[C@@H]1CC(C)(C)Oc2ccccc21. The Morgan fingerprint density at radius 2 is 1.92 bits per heavy atom. The third kappa shape index (κ3) is 4.01. The normalized spacial score (nSPS) is 19.0. The molecule has 2 aromatic carbocycles. The molecule has 1 heterocycles. The van der Waals surface area contributed by atoms with E-state index in [9.17, 15) is 4.79 Å². The largest absolute Gasteiger partial charge is 0.487 e. The molecule has 0 saturated heterocycles. The summed E-state index contributed by atoms with van der Waals surface area (Å²) in [6.07, 6.45) is 1.01. The second-order valence-electron chi connectivity index (χ2n) is 7.39. The summed E-state index contributed by atoms with van der Waals surface area (Å²) in [6, 6.07) is 15.6. The molecule has 1 N–H and O–H groups in total. The van der Waals surface area contributed by atoms with Crippen molar-refractivity contribution in [2.24, 2.45) is 0 Å². The van der Waals surface area contributed by atoms with Crippen LogP contribution in [0.3, 0.4) is 0 Å². The van der Waals surface area contributed by atoms with Crippen LogP contribution in [0, 0.1) is 0 Å². The third-order valence-corrected chi connectivity index (χ3v) is 4.72. The minimum atomic E-state index is -0.569. The lowest BCUT2D eigenvalue weighted by Gasteiger charge is -2.38. The highest BCUT2D eigenvalue weighted by Crippen LogP contribution is 2.39. The van der Waals surface area contributed by atoms with Gasteiger partial charge < -0.3 is 14.8 Å². The lowest BCUT2D eigenvalue weighted by Crippen LogP contribution is -2.44. The van der Waals surface area contributed by atoms with Gasteiger partial charge in [0, 0.05) is 12.0 Å². The molecule has 2 atom stereocenters. The van der Waals surface area contributed by atoms with Crippen molar-refractivity contribution >= 4 is 5.91 Å². The molecule has 4 heteroatoms. The van der Waals surface area contributed by atoms with E-state index in [1.54, 1.807) is 6.92 Å². The molecular weight excluding hydrogens is 326 g/mol. The van der Waals surface area contributed by atoms with Gasteiger partial charge in [0.25, 0.3) is 5.91 Å². The number of carbonyl (C=O) groups excluding carboxylic acids is 1. The van der Waals surface area contributed by atoms with Gasteiger partial charge in [0.2, 0.25) is 0 Å². The van der Waals surface area contributed by atoms with E-state index in [0.717, 1.165) is 29.0 Å². The van der Waals surface area contributed by atoms with Gasteiger partial charge in [-0.05, 0) is 44.9 Å². The third-order valence-electron chi connectivity index (χ3n) is 4.72. The molecule has 0 aromatic heterocycles. The quantitative estimate of drug-likeness (QED) is 0.865. The van der Waals surface area contributed by atoms with E-state index in [4.69, 9.17) is 9.47 Å². The van der Waals surface area contributed by atoms with Crippen molar-refractivity contribution in [1.82, 2.24) is 5.32 Å². The van der Waals surface area contributed by atoms with Crippen LogP contribution < -0.4 is 14.8 Å². The second kappa shape index (κ2) is 7.40. The van der Waals surface area contributed by atoms with Crippen LogP contribution in [0.2, 0.25) is 0 Å². The van der Waals surface area contributed by atoms with E-state index in [2.05, 4.69) is 12.2 Å². The van der Waals surface area contributed by atoms with E-state index < -0.39 is 6.10 Å². The summed E-state index contributed by atoms with van der Waals surface area (Å²) in [6.45, 7) is 7.95. The van der Waals surface area contributed by atoms with Crippen LogP contribution in [0.4, 0.5) is 0 Å². The van der Waals surface area contributed by atoms with Crippen molar-refractivity contribution in [2.45, 2.75) is 58.3 Å². The lowest BCUT2D eigenvalue weighted by molar-refractivity contribution is -0.128. The highest BCUT2D eigenvalue weighted by Gasteiger charge is 2.35. The van der Waals surface area contributed by atoms with Crippen LogP contribution in [0.5, 0.6) is 11.5 Å². The number of hydrogen-bond acceptors (Lipinski definition) is 3. The first-order valence-electron chi connectivity index (χ1n) is 9.22. The Morgan fingerprint density at radius 3 is 2.69 bits per heavy atom. The van der Waals surface area contributed by atoms with Gasteiger partial charge in [-0.15, -0.1) is 0 Å². The van der Waals surface area contributed by atoms with E-state index in [0.29, 0.717) is 6.42 Å². The number of hydrogen-bond donors (Lipinski definition) is 1. The number of fused-ring (bicyclic) bond motifs is 1. The van der Waals surface area contributed by atoms with E-state index in [1.807, 2.05) is 62.4 Å². The zero-order valence-electron chi connectivity index (χ0n) is 15.9. The van der Waals surface area contributed by atoms with Crippen molar-refractivity contribution in [1.29, 1.82) is 0 Å². The lowest BCUT2D eigenvalue weighted by atomic mass is 9.89. The minimum absolute atomic E-state index is 0.0880. The average Bonchev–Trinajstić information content (AvgIpc) is 2.61. The standard InChI is InChI=1S/C22H27NO3/c1-5-16-10-6-8-12-19(16)25-15(2)21(24)23-18-14-22(3,4)26-20-13-9-7-11-17(18)20/h6-13,15,18H,5,14H2,1-4H3,(H,23,24)/t15-,18+/m0/s1. The van der Waals surface area contributed by atoms with Gasteiger partial charge in [0.15, 0.2) is 6.10 Å². The summed E-state index contributed by atoms with van der Waals surface area (Å²) in [5.74, 6) is 1.48. The maximum atomic E-state index is 12.8. The molecule has 0 aliphatic carbocycles. The molecule has 1 amide bonds. The number of para-hydroxylation sites is 2. The molecular formula is C22H27NO3. The van der Waals surface area contributed by atoms with Gasteiger partial charge in [-0.1, -0.05) is 43.3 Å². The van der Waals surface area contributed by atoms with E-state index in [1.165, 1.54) is 0 Å². The topological polar surface area (TPSA) is 47.6 Å². The fourth-order valence-corrected chi connectivity index (χ4v) is 3.37. The molecule has 4 nitrogen and oxygen atoms in total. The summed E-state index contributed by atoms with van der Waals surface area (Å²) in [5.41, 5.74) is 1.79. The number of amides is 1. The van der Waals surface area contributed by atoms with Crippen molar-refractivity contribution < 1.29 is 14.3 Å². The predicted octanol–water partition coefficient (Wildman–Crippen LogP) is 4.43. The van der Waals surface area contributed by atoms with Crippen LogP contribution >= 0.6 is 0 Å². The maximum Gasteiger partial charge on any atom is 0.261 e. The molecule has 0 radical (unpaired) electrons. The Kier molecular flexibility index (Phi) is 5.21. The summed E-state index contributed by atoms with van der Waals surface area (Å²) < 4.78 is 12.0. The summed E-state index contributed by atoms with van der Waals surface area (Å²) in [5, 5.41) is 3.14. The Balaban J connectivity index is 1.73. The number of benzene rings is 2. The first-order chi connectivity index (χ1) is 12.4. The predicted molar refractivity (Wildman–Crippen MR) is 103 cm³/mol. The van der Waals surface area contributed by atoms with Gasteiger partial charge in [0.05, 0.1) is 6.04 Å². The molecule has 2 aromatic rings. The van der Waals surface area contributed by atoms with E-state index in [-0.39, 0.29) is 17.6 Å². The Morgan fingerprint density at radius 1 is 1.23 bits per heavy atom. The molecule has 0 bridgehead atoms. The van der Waals surface area contributed by atoms with Crippen LogP contribution in [-0.2, 0) is 11.2 Å². The van der Waals surface area contributed by atoms with Crippen LogP contribution in [0.15, 0.2) is 48.5 Å². The van der Waals surface area contributed by atoms with E-state index >= 15 is 0 Å². The molecule has 0 spiro atoms. The zero-order valence-corrected chi connectivity index (χ0v) is 15.9. The maximum absolute atomic E-state index is 12.8. The Labute approximate surface area is 155 Å². The molecule has 26 heavy (non-hydrogen) atoms. The number of nitrogens with one attached hydrogen (secondary N) is 1. The summed E-state index contributed by atoms with van der Waals surface area (Å²) >= 11 is 0. The van der Waals surface area contributed by atoms with Gasteiger partial charge in [-0.2, -0.15) is 0 Å². The average molecular weight is 353 g/mol. The molecule has 138 valence electrons. The van der Waals surface area contributed by atoms with Crippen LogP contribution in [0.25, 0.3) is 0 Å². The molecule has 1 aliphatic heterocycles. The minimum Gasteiger partial charge on any atom is -0.487 e. The van der Waals surface area contributed by atoms with Crippen molar-refractivity contribution in [3.63, 3.8) is 0 Å². The Bertz CT molecular complexity index is 784. The summed E-state index contributed by atoms with van der Waals surface area (Å²) in [4.78, 5) is 12.8. The molecule has 3 rings (SSSR count). The fourth-order valence-electron chi connectivity index (χ4n) is 3.37. The van der Waals surface area contributed by atoms with Crippen molar-refractivity contribution in [3.05, 3.63) is 59.7 Å². The van der Waals surface area contributed by atoms with Gasteiger partial charge in [0.1, 0.15) is 17.1 Å². The number of carbonyl (C=O) groups is 1. The Hall–Kier alpha value is -2.49. The van der Waals surface area contributed by atoms with Crippen LogP contribution in [0.1, 0.15) is 51.3 Å².